The van der Waals surface area contributed by atoms with Crippen LogP contribution in [0.3, 0.4) is 0 Å². The summed E-state index contributed by atoms with van der Waals surface area (Å²) in [6.45, 7) is 3.60. The molecule has 2 bridgehead atoms. The summed E-state index contributed by atoms with van der Waals surface area (Å²) in [6, 6.07) is 0. The van der Waals surface area contributed by atoms with Gasteiger partial charge in [0, 0.05) is 5.92 Å². The highest BCUT2D eigenvalue weighted by Crippen LogP contribution is 2.45. The topological polar surface area (TPSA) is 43.4 Å². The summed E-state index contributed by atoms with van der Waals surface area (Å²) in [5, 5.41) is 0. The molecule has 0 heterocycles. The fraction of sp³-hybridized carbons (Fsp3) is 0.571. The second-order valence-corrected chi connectivity index (χ2v) is 4.89. The van der Waals surface area contributed by atoms with Gasteiger partial charge in [-0.1, -0.05) is 18.2 Å². The van der Waals surface area contributed by atoms with Crippen molar-refractivity contribution in [1.82, 2.24) is 0 Å². The van der Waals surface area contributed by atoms with E-state index in [0.717, 1.165) is 12.8 Å². The van der Waals surface area contributed by atoms with E-state index in [1.165, 1.54) is 7.11 Å². The monoisotopic (exact) mass is 234 g/mol. The first-order valence-corrected chi connectivity index (χ1v) is 6.08. The second-order valence-electron chi connectivity index (χ2n) is 4.89. The van der Waals surface area contributed by atoms with Gasteiger partial charge < -0.3 is 4.74 Å². The molecule has 2 rings (SSSR count). The van der Waals surface area contributed by atoms with Crippen molar-refractivity contribution in [3.8, 4) is 0 Å². The maximum atomic E-state index is 12.3. The Kier molecular flexibility index (Phi) is 3.46. The number of hydrogen-bond acceptors (Lipinski definition) is 3. The van der Waals surface area contributed by atoms with Crippen LogP contribution in [0.4, 0.5) is 0 Å². The second kappa shape index (κ2) is 4.86. The van der Waals surface area contributed by atoms with Crippen LogP contribution < -0.4 is 0 Å². The minimum Gasteiger partial charge on any atom is -0.468 e. The van der Waals surface area contributed by atoms with Gasteiger partial charge in [0.2, 0.25) is 0 Å². The molecule has 1 saturated carbocycles. The van der Waals surface area contributed by atoms with E-state index in [4.69, 9.17) is 4.74 Å². The van der Waals surface area contributed by atoms with Gasteiger partial charge in [-0.05, 0) is 31.1 Å². The summed E-state index contributed by atoms with van der Waals surface area (Å²) in [4.78, 5) is 23.9. The Morgan fingerprint density at radius 3 is 2.71 bits per heavy atom. The lowest BCUT2D eigenvalue weighted by molar-refractivity contribution is -0.150. The van der Waals surface area contributed by atoms with Gasteiger partial charge in [0.25, 0.3) is 0 Å². The molecule has 2 aliphatic rings. The maximum absolute atomic E-state index is 12.3. The number of fused-ring (bicyclic) bond motifs is 2. The number of carbonyl (C=O) groups is 2. The first-order chi connectivity index (χ1) is 8.17. The Labute approximate surface area is 102 Å². The first-order valence-electron chi connectivity index (χ1n) is 6.08. The van der Waals surface area contributed by atoms with Crippen molar-refractivity contribution in [2.24, 2.45) is 23.7 Å². The number of allylic oxidation sites excluding steroid dienone is 3. The van der Waals surface area contributed by atoms with Crippen LogP contribution in [0.5, 0.6) is 0 Å². The number of rotatable bonds is 5. The van der Waals surface area contributed by atoms with E-state index in [2.05, 4.69) is 18.7 Å². The minimum atomic E-state index is -0.657. The molecule has 0 aromatic heterocycles. The van der Waals surface area contributed by atoms with Gasteiger partial charge in [-0.15, -0.1) is 6.58 Å². The number of carbonyl (C=O) groups excluding carboxylic acids is 2. The number of esters is 1. The minimum absolute atomic E-state index is 0.00838. The molecule has 92 valence electrons. The van der Waals surface area contributed by atoms with Gasteiger partial charge in [-0.3, -0.25) is 9.59 Å². The third-order valence-electron chi connectivity index (χ3n) is 3.88. The van der Waals surface area contributed by atoms with Crippen LogP contribution in [0.2, 0.25) is 0 Å². The quantitative estimate of drug-likeness (QED) is 0.416. The zero-order valence-electron chi connectivity index (χ0n) is 10.1. The Balaban J connectivity index is 2.09. The van der Waals surface area contributed by atoms with Crippen LogP contribution in [-0.2, 0) is 14.3 Å². The molecule has 1 unspecified atom stereocenters. The number of hydrogen-bond donors (Lipinski definition) is 0. The molecule has 0 radical (unpaired) electrons. The molecule has 2 aliphatic carbocycles. The van der Waals surface area contributed by atoms with Crippen LogP contribution in [0.25, 0.3) is 0 Å². The van der Waals surface area contributed by atoms with Gasteiger partial charge in [0.05, 0.1) is 7.11 Å². The summed E-state index contributed by atoms with van der Waals surface area (Å²) < 4.78 is 4.70. The largest absolute Gasteiger partial charge is 0.468 e. The normalized spacial score (nSPS) is 31.2. The third-order valence-corrected chi connectivity index (χ3v) is 3.88. The molecule has 1 fully saturated rings. The van der Waals surface area contributed by atoms with Crippen LogP contribution in [0.15, 0.2) is 24.8 Å². The highest BCUT2D eigenvalue weighted by molar-refractivity contribution is 6.00. The zero-order valence-corrected chi connectivity index (χ0v) is 10.1. The SMILES string of the molecule is C=CCC(C(=O)OC)C(=O)[C@H]1C[C@H]2C=C[C@@H]1C2. The Morgan fingerprint density at radius 2 is 2.24 bits per heavy atom. The standard InChI is InChI=1S/C14H18O3/c1-3-4-11(14(16)17-2)13(15)12-8-9-5-6-10(12)7-9/h3,5-6,9-12H,1,4,7-8H2,2H3/t9-,10+,11?,12-/m0/s1. The lowest BCUT2D eigenvalue weighted by Gasteiger charge is -2.21. The number of Topliss-reactive ketones (excluding diaryl/α,β-unsaturated/α-hetero) is 1. The van der Waals surface area contributed by atoms with E-state index < -0.39 is 11.9 Å². The van der Waals surface area contributed by atoms with E-state index in [0.29, 0.717) is 18.3 Å². The average molecular weight is 234 g/mol. The molecular weight excluding hydrogens is 216 g/mol. The van der Waals surface area contributed by atoms with Crippen LogP contribution in [-0.4, -0.2) is 18.9 Å². The van der Waals surface area contributed by atoms with E-state index in [1.54, 1.807) is 6.08 Å². The third kappa shape index (κ3) is 2.19. The summed E-state index contributed by atoms with van der Waals surface area (Å²) in [5.41, 5.74) is 0. The summed E-state index contributed by atoms with van der Waals surface area (Å²) in [5.74, 6) is -0.167. The first kappa shape index (κ1) is 12.1. The van der Waals surface area contributed by atoms with E-state index in [1.807, 2.05) is 0 Å². The number of ketones is 1. The molecule has 4 atom stereocenters. The summed E-state index contributed by atoms with van der Waals surface area (Å²) >= 11 is 0. The van der Waals surface area contributed by atoms with Crippen molar-refractivity contribution in [2.45, 2.75) is 19.3 Å². The molecule has 3 nitrogen and oxygen atoms in total. The van der Waals surface area contributed by atoms with Gasteiger partial charge in [-0.25, -0.2) is 0 Å². The smallest absolute Gasteiger partial charge is 0.316 e. The molecule has 0 aliphatic heterocycles. The van der Waals surface area contributed by atoms with E-state index in [9.17, 15) is 9.59 Å². The number of ether oxygens (including phenoxy) is 1. The van der Waals surface area contributed by atoms with Gasteiger partial charge in [0.1, 0.15) is 5.92 Å². The molecule has 0 N–H and O–H groups in total. The highest BCUT2D eigenvalue weighted by Gasteiger charge is 2.43. The van der Waals surface area contributed by atoms with Crippen molar-refractivity contribution in [2.75, 3.05) is 7.11 Å². The molecule has 0 saturated heterocycles. The fourth-order valence-corrected chi connectivity index (χ4v) is 3.00. The van der Waals surface area contributed by atoms with Crippen molar-refractivity contribution < 1.29 is 14.3 Å². The molecule has 0 aromatic rings. The predicted octanol–water partition coefficient (Wildman–Crippen LogP) is 2.13. The Bertz CT molecular complexity index is 370. The molecule has 0 spiro atoms. The van der Waals surface area contributed by atoms with Crippen molar-refractivity contribution in [3.05, 3.63) is 24.8 Å². The summed E-state index contributed by atoms with van der Waals surface area (Å²) in [7, 11) is 1.33. The Hall–Kier alpha value is -1.38. The fourth-order valence-electron chi connectivity index (χ4n) is 3.00. The zero-order chi connectivity index (χ0) is 12.4. The lowest BCUT2D eigenvalue weighted by Crippen LogP contribution is -2.32. The summed E-state index contributed by atoms with van der Waals surface area (Å²) in [6.07, 6.45) is 8.27. The molecule has 0 aromatic carbocycles. The highest BCUT2D eigenvalue weighted by atomic mass is 16.5. The lowest BCUT2D eigenvalue weighted by atomic mass is 9.82. The molecular formula is C14H18O3. The number of methoxy groups -OCH3 is 1. The van der Waals surface area contributed by atoms with Gasteiger partial charge in [-0.2, -0.15) is 0 Å². The van der Waals surface area contributed by atoms with Gasteiger partial charge in [0.15, 0.2) is 5.78 Å². The van der Waals surface area contributed by atoms with E-state index >= 15 is 0 Å². The van der Waals surface area contributed by atoms with Crippen molar-refractivity contribution in [3.63, 3.8) is 0 Å². The molecule has 0 amide bonds. The average Bonchev–Trinajstić information content (AvgIpc) is 2.96. The van der Waals surface area contributed by atoms with Gasteiger partial charge >= 0.3 is 5.97 Å². The molecule has 3 heteroatoms. The van der Waals surface area contributed by atoms with Crippen molar-refractivity contribution in [1.29, 1.82) is 0 Å². The van der Waals surface area contributed by atoms with Crippen LogP contribution in [0, 0.1) is 23.7 Å². The molecule has 17 heavy (non-hydrogen) atoms. The Morgan fingerprint density at radius 1 is 1.47 bits per heavy atom. The van der Waals surface area contributed by atoms with E-state index in [-0.39, 0.29) is 11.7 Å². The predicted molar refractivity (Wildman–Crippen MR) is 64.2 cm³/mol. The maximum Gasteiger partial charge on any atom is 0.316 e. The van der Waals surface area contributed by atoms with Crippen LogP contribution in [0.1, 0.15) is 19.3 Å². The van der Waals surface area contributed by atoms with Crippen LogP contribution >= 0.6 is 0 Å². The van der Waals surface area contributed by atoms with Crippen molar-refractivity contribution >= 4 is 11.8 Å².